The van der Waals surface area contributed by atoms with Crippen molar-refractivity contribution in [3.8, 4) is 5.75 Å². The third-order valence-corrected chi connectivity index (χ3v) is 3.79. The van der Waals surface area contributed by atoms with E-state index in [1.54, 1.807) is 0 Å². The highest BCUT2D eigenvalue weighted by Crippen LogP contribution is 2.28. The number of pyridine rings is 1. The lowest BCUT2D eigenvalue weighted by molar-refractivity contribution is -0.274. The average molecular weight is 424 g/mol. The van der Waals surface area contributed by atoms with Gasteiger partial charge in [-0.2, -0.15) is 0 Å². The van der Waals surface area contributed by atoms with Crippen molar-refractivity contribution in [2.75, 3.05) is 18.5 Å². The van der Waals surface area contributed by atoms with E-state index in [1.807, 2.05) is 0 Å². The minimum absolute atomic E-state index is 0.0994. The van der Waals surface area contributed by atoms with Crippen LogP contribution in [0.25, 0.3) is 0 Å². The molecule has 1 aromatic carbocycles. The molecule has 0 fully saturated rings. The molecular formula is C19H19F3N4O4. The Bertz CT molecular complexity index is 917. The highest BCUT2D eigenvalue weighted by molar-refractivity contribution is 6.07. The fourth-order valence-corrected chi connectivity index (χ4v) is 2.48. The first-order valence-corrected chi connectivity index (χ1v) is 8.53. The molecule has 0 saturated carbocycles. The monoisotopic (exact) mass is 424 g/mol. The highest BCUT2D eigenvalue weighted by atomic mass is 19.4. The number of carbonyl (C=O) groups is 1. The summed E-state index contributed by atoms with van der Waals surface area (Å²) in [6, 6.07) is 6.22. The number of hydrogen-bond acceptors (Lipinski definition) is 7. The predicted octanol–water partition coefficient (Wildman–Crippen LogP) is 2.42. The topological polar surface area (TPSA) is 128 Å². The molecule has 1 heterocycles. The van der Waals surface area contributed by atoms with Gasteiger partial charge in [-0.15, -0.1) is 13.2 Å². The fourth-order valence-electron chi connectivity index (χ4n) is 2.48. The van der Waals surface area contributed by atoms with Crippen molar-refractivity contribution < 1.29 is 32.9 Å². The van der Waals surface area contributed by atoms with Gasteiger partial charge in [0, 0.05) is 17.4 Å². The minimum Gasteiger partial charge on any atom is -0.406 e. The van der Waals surface area contributed by atoms with E-state index >= 15 is 0 Å². The number of ether oxygens (including phenoxy) is 1. The number of aromatic nitrogens is 1. The van der Waals surface area contributed by atoms with E-state index in [2.05, 4.69) is 26.9 Å². The van der Waals surface area contributed by atoms with Gasteiger partial charge in [0.1, 0.15) is 17.7 Å². The summed E-state index contributed by atoms with van der Waals surface area (Å²) in [6.07, 6.45) is -3.77. The number of aliphatic hydroxyl groups excluding tert-OH is 2. The zero-order valence-corrected chi connectivity index (χ0v) is 15.5. The average Bonchev–Trinajstić information content (AvgIpc) is 2.71. The van der Waals surface area contributed by atoms with E-state index in [0.717, 1.165) is 18.2 Å². The van der Waals surface area contributed by atoms with Crippen molar-refractivity contribution in [3.05, 3.63) is 60.3 Å². The first-order chi connectivity index (χ1) is 14.1. The predicted molar refractivity (Wildman–Crippen MR) is 103 cm³/mol. The van der Waals surface area contributed by atoms with Crippen LogP contribution < -0.4 is 15.4 Å². The van der Waals surface area contributed by atoms with E-state index in [0.29, 0.717) is 5.69 Å². The van der Waals surface area contributed by atoms with Crippen molar-refractivity contribution >= 4 is 23.1 Å². The van der Waals surface area contributed by atoms with Gasteiger partial charge in [0.05, 0.1) is 18.9 Å². The van der Waals surface area contributed by atoms with E-state index in [4.69, 9.17) is 5.41 Å². The number of rotatable bonds is 9. The Labute approximate surface area is 169 Å². The second-order valence-corrected chi connectivity index (χ2v) is 5.92. The minimum atomic E-state index is -4.82. The van der Waals surface area contributed by atoms with Crippen LogP contribution in [0.4, 0.5) is 24.7 Å². The third-order valence-electron chi connectivity index (χ3n) is 3.79. The van der Waals surface area contributed by atoms with Crippen LogP contribution in [0.15, 0.2) is 49.2 Å². The molecule has 160 valence electrons. The van der Waals surface area contributed by atoms with Crippen LogP contribution in [0.5, 0.6) is 5.75 Å². The van der Waals surface area contributed by atoms with E-state index in [9.17, 15) is 28.2 Å². The van der Waals surface area contributed by atoms with Crippen LogP contribution in [0.3, 0.4) is 0 Å². The first-order valence-electron chi connectivity index (χ1n) is 8.53. The van der Waals surface area contributed by atoms with Crippen molar-refractivity contribution in [1.82, 2.24) is 10.3 Å². The standard InChI is InChI=1S/C19H19F3N4O4/c1-2-16(29)25-9-14(23)17-13(15(28)10-27)7-8-24-18(17)26-11-3-5-12(6-4-11)30-19(20,21)22/h2-8,15,23,27-28H,1,9-10H2,(H,24,26)(H,25,29)/t15-/m1/s1. The molecule has 1 amide bonds. The smallest absolute Gasteiger partial charge is 0.406 e. The number of nitrogens with zero attached hydrogens (tertiary/aromatic N) is 1. The number of hydrogen-bond donors (Lipinski definition) is 5. The van der Waals surface area contributed by atoms with Crippen molar-refractivity contribution in [1.29, 1.82) is 5.41 Å². The number of carbonyl (C=O) groups excluding carboxylic acids is 1. The summed E-state index contributed by atoms with van der Waals surface area (Å²) >= 11 is 0. The summed E-state index contributed by atoms with van der Waals surface area (Å²) in [7, 11) is 0. The summed E-state index contributed by atoms with van der Waals surface area (Å²) in [5.41, 5.74) is 0.515. The van der Waals surface area contributed by atoms with Gasteiger partial charge in [-0.25, -0.2) is 4.98 Å². The number of nitrogens with one attached hydrogen (secondary N) is 3. The first kappa shape index (κ1) is 22.8. The molecule has 0 unspecified atom stereocenters. The summed E-state index contributed by atoms with van der Waals surface area (Å²) in [5.74, 6) is -0.824. The highest BCUT2D eigenvalue weighted by Gasteiger charge is 2.31. The molecule has 2 aromatic rings. The summed E-state index contributed by atoms with van der Waals surface area (Å²) in [6.45, 7) is 2.48. The zero-order chi connectivity index (χ0) is 22.3. The summed E-state index contributed by atoms with van der Waals surface area (Å²) < 4.78 is 40.7. The molecule has 11 heteroatoms. The Balaban J connectivity index is 2.33. The Hall–Kier alpha value is -3.44. The van der Waals surface area contributed by atoms with Crippen molar-refractivity contribution in [2.24, 2.45) is 0 Å². The number of anilines is 2. The normalized spacial score (nSPS) is 12.0. The summed E-state index contributed by atoms with van der Waals surface area (Å²) in [5, 5.41) is 33.0. The van der Waals surface area contributed by atoms with Crippen LogP contribution in [0.2, 0.25) is 0 Å². The number of amides is 1. The van der Waals surface area contributed by atoms with Crippen LogP contribution in [-0.2, 0) is 4.79 Å². The fraction of sp³-hybridized carbons (Fsp3) is 0.211. The van der Waals surface area contributed by atoms with E-state index in [-0.39, 0.29) is 29.2 Å². The van der Waals surface area contributed by atoms with Crippen molar-refractivity contribution in [2.45, 2.75) is 12.5 Å². The Kier molecular flexibility index (Phi) is 7.50. The number of alkyl halides is 3. The van der Waals surface area contributed by atoms with Crippen LogP contribution >= 0.6 is 0 Å². The zero-order valence-electron chi connectivity index (χ0n) is 15.5. The van der Waals surface area contributed by atoms with Gasteiger partial charge in [0.15, 0.2) is 0 Å². The maximum Gasteiger partial charge on any atom is 0.573 e. The second-order valence-electron chi connectivity index (χ2n) is 5.92. The summed E-state index contributed by atoms with van der Waals surface area (Å²) in [4.78, 5) is 15.5. The molecule has 0 radical (unpaired) electrons. The number of benzene rings is 1. The largest absolute Gasteiger partial charge is 0.573 e. The third kappa shape index (κ3) is 6.29. The molecule has 0 spiro atoms. The van der Waals surface area contributed by atoms with Gasteiger partial charge in [0.25, 0.3) is 0 Å². The second kappa shape index (κ2) is 9.85. The molecule has 30 heavy (non-hydrogen) atoms. The molecule has 0 aliphatic carbocycles. The SMILES string of the molecule is C=CC(=O)NCC(=N)c1c([C@H](O)CO)ccnc1Nc1ccc(OC(F)(F)F)cc1. The number of aliphatic hydroxyl groups is 2. The molecule has 0 aliphatic rings. The van der Waals surface area contributed by atoms with Gasteiger partial charge in [-0.3, -0.25) is 4.79 Å². The van der Waals surface area contributed by atoms with Crippen molar-refractivity contribution in [3.63, 3.8) is 0 Å². The van der Waals surface area contributed by atoms with E-state index < -0.39 is 30.7 Å². The molecule has 8 nitrogen and oxygen atoms in total. The maximum atomic E-state index is 12.3. The van der Waals surface area contributed by atoms with Gasteiger partial charge < -0.3 is 31.0 Å². The molecular weight excluding hydrogens is 405 g/mol. The maximum absolute atomic E-state index is 12.3. The van der Waals surface area contributed by atoms with Gasteiger partial charge in [-0.05, 0) is 42.0 Å². The van der Waals surface area contributed by atoms with E-state index in [1.165, 1.54) is 24.4 Å². The molecule has 5 N–H and O–H groups in total. The number of halogens is 3. The van der Waals surface area contributed by atoms with Gasteiger partial charge >= 0.3 is 6.36 Å². The van der Waals surface area contributed by atoms with Crippen LogP contribution in [0, 0.1) is 5.41 Å². The van der Waals surface area contributed by atoms with Crippen LogP contribution in [0.1, 0.15) is 17.2 Å². The lowest BCUT2D eigenvalue weighted by Gasteiger charge is -2.19. The molecule has 0 bridgehead atoms. The van der Waals surface area contributed by atoms with Gasteiger partial charge in [-0.1, -0.05) is 6.58 Å². The Morgan fingerprint density at radius 2 is 1.97 bits per heavy atom. The molecule has 0 aliphatic heterocycles. The quantitative estimate of drug-likeness (QED) is 0.311. The Morgan fingerprint density at radius 3 is 2.53 bits per heavy atom. The lowest BCUT2D eigenvalue weighted by Crippen LogP contribution is -2.29. The lowest BCUT2D eigenvalue weighted by atomic mass is 9.99. The van der Waals surface area contributed by atoms with Crippen LogP contribution in [-0.4, -0.2) is 46.3 Å². The Morgan fingerprint density at radius 1 is 1.30 bits per heavy atom. The molecule has 1 aromatic heterocycles. The van der Waals surface area contributed by atoms with Gasteiger partial charge in [0.2, 0.25) is 5.91 Å². The molecule has 2 rings (SSSR count). The molecule has 1 atom stereocenters. The molecule has 0 saturated heterocycles.